The van der Waals surface area contributed by atoms with Gasteiger partial charge in [-0.05, 0) is 59.7 Å². The van der Waals surface area contributed by atoms with Gasteiger partial charge >= 0.3 is 0 Å². The largest absolute Gasteiger partial charge is 0.425 e. The van der Waals surface area contributed by atoms with E-state index in [1.165, 1.54) is 52.8 Å². The van der Waals surface area contributed by atoms with Crippen molar-refractivity contribution in [1.29, 1.82) is 5.26 Å². The van der Waals surface area contributed by atoms with Gasteiger partial charge in [-0.1, -0.05) is 109 Å². The SMILES string of the molecule is C1CNCCNCCNCCN1.CC#N.Cl.Cn1c(CN2CCN(Cc3cccc(=O)n3C)CCN(Cc3cccc(=O)n3OCc3ccccc3)CCN(Cc3cccc(=O)n3OCc3ccccc3)CC2)cccc1=O.O=c1cccc(CN2CCN(Cc3cccc(=O)n3O)CCN(Cc3cccc(=O)n3O)CCN(Cc3cccc(=O)n3O)CC2)n1O. The summed E-state index contributed by atoms with van der Waals surface area (Å²) in [7, 11) is 3.61. The Morgan fingerprint density at radius 1 is 0.270 bits per heavy atom. The first-order chi connectivity index (χ1) is 60.7. The summed E-state index contributed by atoms with van der Waals surface area (Å²) in [6, 6.07) is 60.5. The van der Waals surface area contributed by atoms with Gasteiger partial charge in [0, 0.05) is 290 Å². The van der Waals surface area contributed by atoms with Crippen molar-refractivity contribution in [3.05, 3.63) is 346 Å². The molecule has 8 aromatic heterocycles. The Morgan fingerprint density at radius 2 is 0.452 bits per heavy atom. The number of nitriles is 1. The lowest BCUT2D eigenvalue weighted by Gasteiger charge is -2.35. The lowest BCUT2D eigenvalue weighted by Crippen LogP contribution is -2.46. The summed E-state index contributed by atoms with van der Waals surface area (Å²) >= 11 is 0. The van der Waals surface area contributed by atoms with Crippen LogP contribution >= 0.6 is 12.4 Å². The molecule has 3 aliphatic rings. The predicted octanol–water partition coefficient (Wildman–Crippen LogP) is 1.90. The second kappa shape index (κ2) is 52.2. The predicted molar refractivity (Wildman–Crippen MR) is 482 cm³/mol. The number of rotatable bonds is 22. The lowest BCUT2D eigenvalue weighted by atomic mass is 10.2. The van der Waals surface area contributed by atoms with Gasteiger partial charge < -0.3 is 60.9 Å². The molecule has 126 heavy (non-hydrogen) atoms. The molecular formula is C90H120ClN21O14. The fraction of sp³-hybridized carbons (Fsp3) is 0.411. The molecule has 3 saturated heterocycles. The van der Waals surface area contributed by atoms with E-state index >= 15 is 0 Å². The smallest absolute Gasteiger partial charge is 0.283 e. The fourth-order valence-corrected chi connectivity index (χ4v) is 14.6. The van der Waals surface area contributed by atoms with Crippen molar-refractivity contribution in [2.24, 2.45) is 14.1 Å². The first kappa shape index (κ1) is 97.9. The van der Waals surface area contributed by atoms with Crippen LogP contribution < -0.4 is 75.4 Å². The van der Waals surface area contributed by atoms with Crippen molar-refractivity contribution in [1.82, 2.24) is 98.0 Å². The Morgan fingerprint density at radius 3 is 0.683 bits per heavy atom. The highest BCUT2D eigenvalue weighted by molar-refractivity contribution is 5.85. The number of hydrogen-bond acceptors (Lipinski definition) is 27. The normalized spacial score (nSPS) is 16.0. The van der Waals surface area contributed by atoms with Gasteiger partial charge in [-0.2, -0.15) is 24.2 Å². The van der Waals surface area contributed by atoms with Crippen molar-refractivity contribution in [3.8, 4) is 6.07 Å². The van der Waals surface area contributed by atoms with Crippen LogP contribution in [0.4, 0.5) is 0 Å². The zero-order valence-electron chi connectivity index (χ0n) is 72.1. The molecule has 13 rings (SSSR count). The molecule has 3 aliphatic heterocycles. The average molecular weight is 1760 g/mol. The highest BCUT2D eigenvalue weighted by Gasteiger charge is 2.25. The Balaban J connectivity index is 0.000000248. The van der Waals surface area contributed by atoms with Crippen LogP contribution in [0.2, 0.25) is 0 Å². The molecule has 0 bridgehead atoms. The summed E-state index contributed by atoms with van der Waals surface area (Å²) in [5.41, 5.74) is 4.00. The molecule has 11 heterocycles. The molecule has 2 aromatic carbocycles. The molecule has 0 unspecified atom stereocenters. The van der Waals surface area contributed by atoms with E-state index in [1.54, 1.807) is 114 Å². The van der Waals surface area contributed by atoms with E-state index in [1.807, 2.05) is 84.9 Å². The summed E-state index contributed by atoms with van der Waals surface area (Å²) in [5, 5.41) is 62.4. The zero-order valence-corrected chi connectivity index (χ0v) is 72.9. The molecule has 0 spiro atoms. The number of hydrogen-bond donors (Lipinski definition) is 8. The maximum absolute atomic E-state index is 13.3. The third kappa shape index (κ3) is 31.4. The van der Waals surface area contributed by atoms with Crippen LogP contribution in [0.15, 0.2) is 245 Å². The summed E-state index contributed by atoms with van der Waals surface area (Å²) in [6.07, 6.45) is 0. The zero-order chi connectivity index (χ0) is 88.7. The molecule has 0 atom stereocenters. The van der Waals surface area contributed by atoms with E-state index < -0.39 is 22.2 Å². The Hall–Kier alpha value is -11.9. The summed E-state index contributed by atoms with van der Waals surface area (Å²) in [6.45, 7) is 22.6. The number of halogens is 1. The summed E-state index contributed by atoms with van der Waals surface area (Å²) < 4.78 is 8.69. The van der Waals surface area contributed by atoms with Crippen LogP contribution in [0.25, 0.3) is 0 Å². The van der Waals surface area contributed by atoms with E-state index in [2.05, 4.69) is 60.5 Å². The van der Waals surface area contributed by atoms with Crippen molar-refractivity contribution >= 4 is 12.4 Å². The Kier molecular flexibility index (Phi) is 40.6. The van der Waals surface area contributed by atoms with Crippen LogP contribution in [-0.4, -0.2) is 255 Å². The van der Waals surface area contributed by atoms with Gasteiger partial charge in [0.05, 0.1) is 40.2 Å². The van der Waals surface area contributed by atoms with E-state index in [0.717, 1.165) is 86.3 Å². The van der Waals surface area contributed by atoms with Gasteiger partial charge in [0.25, 0.3) is 33.4 Å². The summed E-state index contributed by atoms with van der Waals surface area (Å²) in [4.78, 5) is 131. The molecule has 36 heteroatoms. The molecule has 8 N–H and O–H groups in total. The summed E-state index contributed by atoms with van der Waals surface area (Å²) in [5.74, 6) is 0. The average Bonchev–Trinajstić information content (AvgIpc) is 0.825. The van der Waals surface area contributed by atoms with Crippen molar-refractivity contribution in [2.75, 3.05) is 157 Å². The quantitative estimate of drug-likeness (QED) is 0.0449. The number of nitrogens with zero attached hydrogens (tertiary/aromatic N) is 17. The molecular weight excluding hydrogens is 1630 g/mol. The minimum Gasteiger partial charge on any atom is -0.425 e. The Bertz CT molecular complexity index is 5030. The van der Waals surface area contributed by atoms with Gasteiger partial charge in [0.2, 0.25) is 11.1 Å². The van der Waals surface area contributed by atoms with Crippen LogP contribution in [0.1, 0.15) is 63.6 Å². The van der Waals surface area contributed by atoms with Crippen LogP contribution in [0.5, 0.6) is 0 Å². The van der Waals surface area contributed by atoms with Crippen molar-refractivity contribution < 1.29 is 30.5 Å². The highest BCUT2D eigenvalue weighted by Crippen LogP contribution is 2.16. The minimum absolute atomic E-state index is 0. The van der Waals surface area contributed by atoms with Gasteiger partial charge in [-0.25, -0.2) is 0 Å². The van der Waals surface area contributed by atoms with Crippen molar-refractivity contribution in [2.45, 2.75) is 72.5 Å². The third-order valence-corrected chi connectivity index (χ3v) is 21.9. The second-order valence-electron chi connectivity index (χ2n) is 30.7. The molecule has 676 valence electrons. The Labute approximate surface area is 737 Å². The van der Waals surface area contributed by atoms with E-state index in [-0.39, 0.29) is 74.0 Å². The van der Waals surface area contributed by atoms with E-state index in [0.29, 0.717) is 173 Å². The van der Waals surface area contributed by atoms with Crippen LogP contribution in [-0.2, 0) is 79.7 Å². The molecule has 0 saturated carbocycles. The van der Waals surface area contributed by atoms with Crippen molar-refractivity contribution in [3.63, 3.8) is 0 Å². The number of pyridine rings is 8. The molecule has 10 aromatic rings. The maximum Gasteiger partial charge on any atom is 0.283 e. The molecule has 35 nitrogen and oxygen atoms in total. The van der Waals surface area contributed by atoms with Crippen LogP contribution in [0, 0.1) is 11.3 Å². The first-order valence-corrected chi connectivity index (χ1v) is 42.3. The lowest BCUT2D eigenvalue weighted by molar-refractivity contribution is 0.0664. The molecule has 0 radical (unpaired) electrons. The minimum atomic E-state index is -0.549. The topological polar surface area (TPSA) is 373 Å². The third-order valence-electron chi connectivity index (χ3n) is 21.9. The van der Waals surface area contributed by atoms with Gasteiger partial charge in [-0.15, -0.1) is 21.9 Å². The fourth-order valence-electron chi connectivity index (χ4n) is 14.6. The van der Waals surface area contributed by atoms with E-state index in [9.17, 15) is 59.2 Å². The van der Waals surface area contributed by atoms with Crippen LogP contribution in [0.3, 0.4) is 0 Å². The molecule has 0 aliphatic carbocycles. The van der Waals surface area contributed by atoms with Gasteiger partial charge in [0.1, 0.15) is 13.2 Å². The molecule has 3 fully saturated rings. The second-order valence-corrected chi connectivity index (χ2v) is 30.7. The van der Waals surface area contributed by atoms with Gasteiger partial charge in [0.15, 0.2) is 0 Å². The number of benzene rings is 2. The maximum atomic E-state index is 13.3. The first-order valence-electron chi connectivity index (χ1n) is 42.3. The number of nitrogens with one attached hydrogen (secondary N) is 4. The standard InChI is InChI=1S/C48H56N8O6.C32H40N8O8.C8H20N4.C2H3N.ClH/c1-49-41(17-9-21-45(49)57)33-51-25-26-52(34-42-18-10-22-46(58)50(42)2)28-30-54(36-44-20-12-24-48(60)56(44)62-38-40-15-7-4-8-16-40)32-31-53(29-27-51)35-43-19-11-23-47(59)55(43)61-37-39-13-5-3-6-14-39;41-29-9-1-5-25(37(29)45)21-33-13-15-34(22-26-6-2-10-30(42)38(26)46)17-19-36(24-28-8-4-12-32(44)40(28)48)20-18-35(16-14-33)23-27-7-3-11-31(43)39(27)47;1-2-10-5-6-12-8-7-11-4-3-9-1;1-2-3;/h3-24H,25-38H2,1-2H3;1-12,45-48H,13-24H2;9-12H,1-8H2;1H3;1H. The highest BCUT2D eigenvalue weighted by atomic mass is 35.5. The molecule has 0 amide bonds. The van der Waals surface area contributed by atoms with Gasteiger partial charge in [-0.3, -0.25) is 77.6 Å². The number of aromatic nitrogens is 8. The van der Waals surface area contributed by atoms with E-state index in [4.69, 9.17) is 14.9 Å². The monoisotopic (exact) mass is 1750 g/mol.